The summed E-state index contributed by atoms with van der Waals surface area (Å²) in [5.74, 6) is -1.17. The molecule has 3 rings (SSSR count). The van der Waals surface area contributed by atoms with Crippen molar-refractivity contribution in [2.75, 3.05) is 31.9 Å². The van der Waals surface area contributed by atoms with E-state index in [1.54, 1.807) is 29.6 Å². The van der Waals surface area contributed by atoms with Crippen LogP contribution in [0.15, 0.2) is 29.6 Å². The Bertz CT molecular complexity index is 1040. The third kappa shape index (κ3) is 4.94. The maximum atomic E-state index is 13.7. The van der Waals surface area contributed by atoms with Gasteiger partial charge in [0.1, 0.15) is 17.2 Å². The summed E-state index contributed by atoms with van der Waals surface area (Å²) in [7, 11) is 4.85. The fraction of sp³-hybridized carbons (Fsp3) is 0.333. The van der Waals surface area contributed by atoms with Gasteiger partial charge in [-0.1, -0.05) is 11.8 Å². The summed E-state index contributed by atoms with van der Waals surface area (Å²) >= 11 is 1.13. The predicted octanol–water partition coefficient (Wildman–Crippen LogP) is 2.34. The third-order valence-electron chi connectivity index (χ3n) is 4.00. The summed E-state index contributed by atoms with van der Waals surface area (Å²) in [6.07, 6.45) is 1.75. The van der Waals surface area contributed by atoms with E-state index in [9.17, 15) is 13.6 Å². The monoisotopic (exact) mass is 438 g/mol. The van der Waals surface area contributed by atoms with Gasteiger partial charge in [0, 0.05) is 26.4 Å². The van der Waals surface area contributed by atoms with Gasteiger partial charge in [-0.05, 0) is 12.1 Å². The Kier molecular flexibility index (Phi) is 7.00. The van der Waals surface area contributed by atoms with Crippen molar-refractivity contribution in [3.8, 4) is 17.3 Å². The number of methoxy groups -OCH3 is 2. The van der Waals surface area contributed by atoms with Crippen LogP contribution in [0.2, 0.25) is 0 Å². The standard InChI is InChI=1S/C18H20F2N6O3S/c1-25-9-12(17(24-25)29-3)16-22-23-18(26(16)6-7-28-2)30-10-15(27)21-14-5-4-11(19)8-13(14)20/h4-5,8-9H,6-7,10H2,1-3H3,(H,21,27). The molecule has 0 spiro atoms. The van der Waals surface area contributed by atoms with Crippen LogP contribution in [0.5, 0.6) is 5.88 Å². The van der Waals surface area contributed by atoms with Crippen molar-refractivity contribution in [1.82, 2.24) is 24.5 Å². The lowest BCUT2D eigenvalue weighted by Crippen LogP contribution is -2.16. The molecule has 1 amide bonds. The average molecular weight is 438 g/mol. The Balaban J connectivity index is 1.76. The average Bonchev–Trinajstić information content (AvgIpc) is 3.29. The highest BCUT2D eigenvalue weighted by Crippen LogP contribution is 2.30. The van der Waals surface area contributed by atoms with Crippen LogP contribution in [-0.4, -0.2) is 57.0 Å². The van der Waals surface area contributed by atoms with Crippen molar-refractivity contribution in [3.63, 3.8) is 0 Å². The molecule has 0 atom stereocenters. The maximum Gasteiger partial charge on any atom is 0.243 e. The largest absolute Gasteiger partial charge is 0.479 e. The van der Waals surface area contributed by atoms with Crippen molar-refractivity contribution in [3.05, 3.63) is 36.0 Å². The quantitative estimate of drug-likeness (QED) is 0.512. The Morgan fingerprint density at radius 1 is 1.27 bits per heavy atom. The van der Waals surface area contributed by atoms with Crippen molar-refractivity contribution in [2.45, 2.75) is 11.7 Å². The van der Waals surface area contributed by atoms with E-state index in [-0.39, 0.29) is 11.4 Å². The van der Waals surface area contributed by atoms with Gasteiger partial charge in [-0.2, -0.15) is 0 Å². The van der Waals surface area contributed by atoms with Crippen LogP contribution in [0.4, 0.5) is 14.5 Å². The smallest absolute Gasteiger partial charge is 0.243 e. The van der Waals surface area contributed by atoms with Gasteiger partial charge in [0.15, 0.2) is 11.0 Å². The number of anilines is 1. The first-order chi connectivity index (χ1) is 14.4. The van der Waals surface area contributed by atoms with Crippen LogP contribution in [0.25, 0.3) is 11.4 Å². The van der Waals surface area contributed by atoms with Crippen LogP contribution in [0.3, 0.4) is 0 Å². The first-order valence-corrected chi connectivity index (χ1v) is 9.79. The second-order valence-electron chi connectivity index (χ2n) is 6.14. The van der Waals surface area contributed by atoms with Crippen molar-refractivity contribution < 1.29 is 23.0 Å². The Labute approximate surface area is 175 Å². The number of rotatable bonds is 9. The second-order valence-corrected chi connectivity index (χ2v) is 7.08. The van der Waals surface area contributed by atoms with Crippen LogP contribution in [0, 0.1) is 11.6 Å². The highest BCUT2D eigenvalue weighted by Gasteiger charge is 2.21. The van der Waals surface area contributed by atoms with Crippen molar-refractivity contribution in [1.29, 1.82) is 0 Å². The molecule has 2 aromatic heterocycles. The van der Waals surface area contributed by atoms with Crippen LogP contribution in [-0.2, 0) is 23.1 Å². The molecule has 0 fully saturated rings. The summed E-state index contributed by atoms with van der Waals surface area (Å²) in [5.41, 5.74) is 0.553. The maximum absolute atomic E-state index is 13.7. The lowest BCUT2D eigenvalue weighted by molar-refractivity contribution is -0.113. The first kappa shape index (κ1) is 21.7. The highest BCUT2D eigenvalue weighted by atomic mass is 32.2. The van der Waals surface area contributed by atoms with Gasteiger partial charge in [0.25, 0.3) is 0 Å². The van der Waals surface area contributed by atoms with E-state index in [4.69, 9.17) is 9.47 Å². The SMILES string of the molecule is COCCn1c(SCC(=O)Nc2ccc(F)cc2F)nnc1-c1cn(C)nc1OC. The molecule has 1 aromatic carbocycles. The summed E-state index contributed by atoms with van der Waals surface area (Å²) in [6.45, 7) is 0.835. The van der Waals surface area contributed by atoms with E-state index in [0.717, 1.165) is 17.8 Å². The molecule has 30 heavy (non-hydrogen) atoms. The fourth-order valence-corrected chi connectivity index (χ4v) is 3.42. The highest BCUT2D eigenvalue weighted by molar-refractivity contribution is 7.99. The van der Waals surface area contributed by atoms with Gasteiger partial charge in [0.2, 0.25) is 11.8 Å². The number of thioether (sulfide) groups is 1. The number of carbonyl (C=O) groups is 1. The third-order valence-corrected chi connectivity index (χ3v) is 4.97. The fourth-order valence-electron chi connectivity index (χ4n) is 2.66. The number of carbonyl (C=O) groups excluding carboxylic acids is 1. The summed E-state index contributed by atoms with van der Waals surface area (Å²) < 4.78 is 40.6. The molecule has 12 heteroatoms. The zero-order valence-electron chi connectivity index (χ0n) is 16.6. The Hall–Kier alpha value is -2.99. The number of aryl methyl sites for hydroxylation is 1. The summed E-state index contributed by atoms with van der Waals surface area (Å²) in [4.78, 5) is 12.2. The normalized spacial score (nSPS) is 11.0. The lowest BCUT2D eigenvalue weighted by atomic mass is 10.3. The molecule has 0 bridgehead atoms. The van der Waals surface area contributed by atoms with Crippen LogP contribution >= 0.6 is 11.8 Å². The zero-order valence-corrected chi connectivity index (χ0v) is 17.4. The number of hydrogen-bond donors (Lipinski definition) is 1. The minimum atomic E-state index is -0.845. The first-order valence-electron chi connectivity index (χ1n) is 8.80. The molecule has 0 aliphatic heterocycles. The molecule has 0 aliphatic rings. The Morgan fingerprint density at radius 2 is 2.07 bits per heavy atom. The number of nitrogens with zero attached hydrogens (tertiary/aromatic N) is 5. The molecule has 0 radical (unpaired) electrons. The van der Waals surface area contributed by atoms with E-state index in [1.807, 2.05) is 0 Å². The molecule has 0 aliphatic carbocycles. The predicted molar refractivity (Wildman–Crippen MR) is 106 cm³/mol. The minimum Gasteiger partial charge on any atom is -0.479 e. The molecular weight excluding hydrogens is 418 g/mol. The van der Waals surface area contributed by atoms with E-state index in [1.165, 1.54) is 13.2 Å². The summed E-state index contributed by atoms with van der Waals surface area (Å²) in [6, 6.07) is 2.94. The van der Waals surface area contributed by atoms with E-state index in [0.29, 0.717) is 41.6 Å². The van der Waals surface area contributed by atoms with Crippen molar-refractivity contribution in [2.24, 2.45) is 7.05 Å². The number of ether oxygens (including phenoxy) is 2. The van der Waals surface area contributed by atoms with Gasteiger partial charge in [-0.3, -0.25) is 14.0 Å². The van der Waals surface area contributed by atoms with E-state index in [2.05, 4.69) is 20.6 Å². The molecule has 2 heterocycles. The molecule has 3 aromatic rings. The Morgan fingerprint density at radius 3 is 2.77 bits per heavy atom. The van der Waals surface area contributed by atoms with Gasteiger partial charge < -0.3 is 14.8 Å². The molecule has 0 saturated carbocycles. The van der Waals surface area contributed by atoms with Gasteiger partial charge in [-0.15, -0.1) is 15.3 Å². The molecule has 0 unspecified atom stereocenters. The second kappa shape index (κ2) is 9.67. The van der Waals surface area contributed by atoms with Gasteiger partial charge >= 0.3 is 0 Å². The van der Waals surface area contributed by atoms with E-state index >= 15 is 0 Å². The van der Waals surface area contributed by atoms with Crippen LogP contribution in [0.1, 0.15) is 0 Å². The molecule has 9 nitrogen and oxygen atoms in total. The van der Waals surface area contributed by atoms with Crippen LogP contribution < -0.4 is 10.1 Å². The topological polar surface area (TPSA) is 96.1 Å². The number of benzene rings is 1. The van der Waals surface area contributed by atoms with Gasteiger partial charge in [-0.25, -0.2) is 8.78 Å². The number of amides is 1. The minimum absolute atomic E-state index is 0.0495. The lowest BCUT2D eigenvalue weighted by Gasteiger charge is -2.10. The van der Waals surface area contributed by atoms with Gasteiger partial charge in [0.05, 0.1) is 31.7 Å². The summed E-state index contributed by atoms with van der Waals surface area (Å²) in [5, 5.41) is 15.5. The molecule has 0 saturated heterocycles. The molecule has 1 N–H and O–H groups in total. The number of aromatic nitrogens is 5. The number of hydrogen-bond acceptors (Lipinski definition) is 7. The number of halogens is 2. The van der Waals surface area contributed by atoms with E-state index < -0.39 is 17.5 Å². The van der Waals surface area contributed by atoms with Crippen molar-refractivity contribution >= 4 is 23.4 Å². The number of nitrogens with one attached hydrogen (secondary N) is 1. The molecule has 160 valence electrons. The zero-order chi connectivity index (χ0) is 21.7. The molecular formula is C18H20F2N6O3S.